The Morgan fingerprint density at radius 2 is 1.69 bits per heavy atom. The molecule has 0 aliphatic heterocycles. The molecule has 2 aromatic carbocycles. The molecule has 0 radical (unpaired) electrons. The zero-order valence-corrected chi connectivity index (χ0v) is 13.7. The molecule has 3 aromatic rings. The lowest BCUT2D eigenvalue weighted by atomic mass is 10.1. The fourth-order valence-electron chi connectivity index (χ4n) is 2.17. The monoisotopic (exact) mass is 382 g/mol. The van der Waals surface area contributed by atoms with Gasteiger partial charge < -0.3 is 10.6 Å². The summed E-state index contributed by atoms with van der Waals surface area (Å²) in [5.74, 6) is -0.374. The minimum Gasteiger partial charge on any atom is -0.340 e. The maximum Gasteiger partial charge on any atom is 0.418 e. The normalized spacial score (nSPS) is 11.3. The van der Waals surface area contributed by atoms with Crippen LogP contribution in [0.15, 0.2) is 54.7 Å². The number of alkyl halides is 3. The summed E-state index contributed by atoms with van der Waals surface area (Å²) >= 11 is 5.66. The van der Waals surface area contributed by atoms with Crippen molar-refractivity contribution in [2.45, 2.75) is 6.18 Å². The van der Waals surface area contributed by atoms with Crippen LogP contribution in [0.1, 0.15) is 5.56 Å². The second-order valence-electron chi connectivity index (χ2n) is 5.18. The van der Waals surface area contributed by atoms with E-state index in [2.05, 4.69) is 20.6 Å². The SMILES string of the molecule is Fc1ccccc1Nc1nccc(Nc2ccc(Cl)cc2C(F)(F)F)n1. The number of hydrogen-bond donors (Lipinski definition) is 2. The van der Waals surface area contributed by atoms with Gasteiger partial charge in [0.25, 0.3) is 0 Å². The molecular weight excluding hydrogens is 372 g/mol. The van der Waals surface area contributed by atoms with Crippen molar-refractivity contribution in [1.82, 2.24) is 9.97 Å². The van der Waals surface area contributed by atoms with Crippen LogP contribution in [-0.4, -0.2) is 9.97 Å². The molecule has 0 unspecified atom stereocenters. The molecule has 0 bridgehead atoms. The van der Waals surface area contributed by atoms with Crippen LogP contribution in [0.4, 0.5) is 40.7 Å². The van der Waals surface area contributed by atoms with Gasteiger partial charge in [-0.05, 0) is 36.4 Å². The van der Waals surface area contributed by atoms with Crippen LogP contribution in [0.3, 0.4) is 0 Å². The summed E-state index contributed by atoms with van der Waals surface area (Å²) in [4.78, 5) is 7.98. The summed E-state index contributed by atoms with van der Waals surface area (Å²) in [6.07, 6.45) is -3.25. The zero-order valence-electron chi connectivity index (χ0n) is 13.0. The van der Waals surface area contributed by atoms with Crippen molar-refractivity contribution >= 4 is 34.7 Å². The van der Waals surface area contributed by atoms with Gasteiger partial charge >= 0.3 is 6.18 Å². The molecule has 1 heterocycles. The number of nitrogens with one attached hydrogen (secondary N) is 2. The smallest absolute Gasteiger partial charge is 0.340 e. The lowest BCUT2D eigenvalue weighted by molar-refractivity contribution is -0.136. The quantitative estimate of drug-likeness (QED) is 0.562. The molecule has 0 atom stereocenters. The van der Waals surface area contributed by atoms with Crippen LogP contribution in [0.2, 0.25) is 5.02 Å². The number of benzene rings is 2. The topological polar surface area (TPSA) is 49.8 Å². The summed E-state index contributed by atoms with van der Waals surface area (Å²) in [5.41, 5.74) is -0.989. The Labute approximate surface area is 150 Å². The van der Waals surface area contributed by atoms with Crippen LogP contribution in [0.25, 0.3) is 0 Å². The largest absolute Gasteiger partial charge is 0.418 e. The predicted molar refractivity (Wildman–Crippen MR) is 91.5 cm³/mol. The summed E-state index contributed by atoms with van der Waals surface area (Å²) in [5, 5.41) is 5.22. The van der Waals surface area contributed by atoms with Gasteiger partial charge in [0.05, 0.1) is 16.9 Å². The van der Waals surface area contributed by atoms with Gasteiger partial charge in [-0.25, -0.2) is 9.37 Å². The number of para-hydroxylation sites is 1. The van der Waals surface area contributed by atoms with Crippen molar-refractivity contribution in [1.29, 1.82) is 0 Å². The summed E-state index contributed by atoms with van der Waals surface area (Å²) in [6, 6.07) is 10.6. The molecule has 2 N–H and O–H groups in total. The van der Waals surface area contributed by atoms with Crippen molar-refractivity contribution in [3.05, 3.63) is 71.1 Å². The third-order valence-electron chi connectivity index (χ3n) is 3.33. The zero-order chi connectivity index (χ0) is 18.7. The van der Waals surface area contributed by atoms with Gasteiger partial charge in [-0.15, -0.1) is 0 Å². The molecule has 0 aliphatic carbocycles. The number of hydrogen-bond acceptors (Lipinski definition) is 4. The molecule has 4 nitrogen and oxygen atoms in total. The first kappa shape index (κ1) is 17.9. The minimum atomic E-state index is -4.59. The van der Waals surface area contributed by atoms with Gasteiger partial charge in [0.15, 0.2) is 0 Å². The Morgan fingerprint density at radius 1 is 0.923 bits per heavy atom. The molecular formula is C17H11ClF4N4. The number of aromatic nitrogens is 2. The van der Waals surface area contributed by atoms with Gasteiger partial charge in [0.2, 0.25) is 5.95 Å². The van der Waals surface area contributed by atoms with Crippen molar-refractivity contribution in [2.75, 3.05) is 10.6 Å². The highest BCUT2D eigenvalue weighted by molar-refractivity contribution is 6.30. The molecule has 0 spiro atoms. The van der Waals surface area contributed by atoms with Crippen molar-refractivity contribution < 1.29 is 17.6 Å². The van der Waals surface area contributed by atoms with Gasteiger partial charge in [0.1, 0.15) is 11.6 Å². The molecule has 0 amide bonds. The predicted octanol–water partition coefficient (Wildman–Crippen LogP) is 5.78. The van der Waals surface area contributed by atoms with E-state index in [4.69, 9.17) is 11.6 Å². The van der Waals surface area contributed by atoms with Gasteiger partial charge in [-0.1, -0.05) is 23.7 Å². The molecule has 134 valence electrons. The summed E-state index contributed by atoms with van der Waals surface area (Å²) in [7, 11) is 0. The van der Waals surface area contributed by atoms with Crippen LogP contribution in [-0.2, 0) is 6.18 Å². The van der Waals surface area contributed by atoms with Crippen LogP contribution < -0.4 is 10.6 Å². The van der Waals surface area contributed by atoms with E-state index in [0.717, 1.165) is 6.07 Å². The molecule has 0 fully saturated rings. The summed E-state index contributed by atoms with van der Waals surface area (Å²) < 4.78 is 53.1. The van der Waals surface area contributed by atoms with Crippen molar-refractivity contribution in [2.24, 2.45) is 0 Å². The molecule has 3 rings (SSSR count). The molecule has 9 heteroatoms. The Kier molecular flexibility index (Phi) is 4.94. The van der Waals surface area contributed by atoms with E-state index in [1.165, 1.54) is 42.6 Å². The van der Waals surface area contributed by atoms with Crippen molar-refractivity contribution in [3.8, 4) is 0 Å². The molecule has 0 saturated carbocycles. The maximum atomic E-state index is 13.7. The minimum absolute atomic E-state index is 0.0302. The standard InChI is InChI=1S/C17H11ClF4N4/c18-10-5-6-13(11(9-10)17(20,21)22)24-15-7-8-23-16(26-15)25-14-4-2-1-3-12(14)19/h1-9H,(H2,23,24,25,26). The number of rotatable bonds is 4. The fraction of sp³-hybridized carbons (Fsp3) is 0.0588. The lowest BCUT2D eigenvalue weighted by Gasteiger charge is -2.15. The highest BCUT2D eigenvalue weighted by Gasteiger charge is 2.34. The van der Waals surface area contributed by atoms with E-state index in [-0.39, 0.29) is 28.2 Å². The fourth-order valence-corrected chi connectivity index (χ4v) is 2.34. The average molecular weight is 383 g/mol. The Balaban J connectivity index is 1.87. The maximum absolute atomic E-state index is 13.7. The third-order valence-corrected chi connectivity index (χ3v) is 3.56. The molecule has 0 saturated heterocycles. The molecule has 26 heavy (non-hydrogen) atoms. The highest BCUT2D eigenvalue weighted by Crippen LogP contribution is 2.37. The van der Waals surface area contributed by atoms with Gasteiger partial charge in [-0.3, -0.25) is 0 Å². The van der Waals surface area contributed by atoms with Crippen LogP contribution >= 0.6 is 11.6 Å². The summed E-state index contributed by atoms with van der Waals surface area (Å²) in [6.45, 7) is 0. The first-order chi connectivity index (χ1) is 12.3. The highest BCUT2D eigenvalue weighted by atomic mass is 35.5. The van der Waals surface area contributed by atoms with E-state index in [1.807, 2.05) is 0 Å². The number of nitrogens with zero attached hydrogens (tertiary/aromatic N) is 2. The first-order valence-electron chi connectivity index (χ1n) is 7.31. The van der Waals surface area contributed by atoms with Gasteiger partial charge in [-0.2, -0.15) is 18.2 Å². The lowest BCUT2D eigenvalue weighted by Crippen LogP contribution is -2.09. The third kappa shape index (κ3) is 4.20. The van der Waals surface area contributed by atoms with E-state index in [0.29, 0.717) is 0 Å². The van der Waals surface area contributed by atoms with E-state index in [1.54, 1.807) is 6.07 Å². The van der Waals surface area contributed by atoms with E-state index in [9.17, 15) is 17.6 Å². The molecule has 0 aliphatic rings. The van der Waals surface area contributed by atoms with Gasteiger partial charge in [0, 0.05) is 11.2 Å². The molecule has 1 aromatic heterocycles. The van der Waals surface area contributed by atoms with Crippen LogP contribution in [0, 0.1) is 5.82 Å². The average Bonchev–Trinajstić information content (AvgIpc) is 2.58. The Bertz CT molecular complexity index is 931. The van der Waals surface area contributed by atoms with E-state index < -0.39 is 17.6 Å². The number of anilines is 4. The van der Waals surface area contributed by atoms with Crippen LogP contribution in [0.5, 0.6) is 0 Å². The van der Waals surface area contributed by atoms with E-state index >= 15 is 0 Å². The Hall–Kier alpha value is -2.87. The van der Waals surface area contributed by atoms with Crippen molar-refractivity contribution in [3.63, 3.8) is 0 Å². The Morgan fingerprint density at radius 3 is 2.42 bits per heavy atom. The second-order valence-corrected chi connectivity index (χ2v) is 5.62. The first-order valence-corrected chi connectivity index (χ1v) is 7.69. The second kappa shape index (κ2) is 7.17. The number of halogens is 5.